The summed E-state index contributed by atoms with van der Waals surface area (Å²) in [5.74, 6) is 0. The third kappa shape index (κ3) is 3.92. The molecule has 0 radical (unpaired) electrons. The second kappa shape index (κ2) is 5.72. The summed E-state index contributed by atoms with van der Waals surface area (Å²) in [5, 5.41) is 17.4. The first-order chi connectivity index (χ1) is 8.34. The lowest BCUT2D eigenvalue weighted by molar-refractivity contribution is -0.137. The number of carboxylic acid groups (broad SMARTS) is 1. The van der Waals surface area contributed by atoms with Crippen LogP contribution in [0.25, 0.3) is 0 Å². The van der Waals surface area contributed by atoms with Gasteiger partial charge in [0.25, 0.3) is 0 Å². The normalized spacial score (nSPS) is 11.3. The van der Waals surface area contributed by atoms with Crippen LogP contribution in [0.3, 0.4) is 0 Å². The van der Waals surface area contributed by atoms with Crippen LogP contribution in [0.1, 0.15) is 11.1 Å². The molecule has 0 saturated heterocycles. The van der Waals surface area contributed by atoms with Crippen molar-refractivity contribution in [1.82, 2.24) is 4.90 Å². The standard InChI is InChI=1S/C11H12F3NO3/c12-11(13,14)9-3-1-8(2-4-9)7-15(5-6-16)10(17)18/h1-4,16H,5-7H2,(H,17,18). The van der Waals surface area contributed by atoms with E-state index in [2.05, 4.69) is 0 Å². The Kier molecular flexibility index (Phi) is 4.55. The van der Waals surface area contributed by atoms with Gasteiger partial charge in [0.1, 0.15) is 0 Å². The fourth-order valence-electron chi connectivity index (χ4n) is 1.38. The zero-order valence-electron chi connectivity index (χ0n) is 9.31. The Labute approximate surface area is 101 Å². The Bertz CT molecular complexity index is 403. The molecule has 1 amide bonds. The SMILES string of the molecule is O=C(O)N(CCO)Cc1ccc(C(F)(F)F)cc1. The van der Waals surface area contributed by atoms with E-state index in [-0.39, 0.29) is 19.7 Å². The molecule has 0 aromatic heterocycles. The molecule has 2 N–H and O–H groups in total. The van der Waals surface area contributed by atoms with Crippen molar-refractivity contribution in [3.63, 3.8) is 0 Å². The fraction of sp³-hybridized carbons (Fsp3) is 0.364. The number of benzene rings is 1. The summed E-state index contributed by atoms with van der Waals surface area (Å²) < 4.78 is 36.9. The summed E-state index contributed by atoms with van der Waals surface area (Å²) in [6, 6.07) is 4.23. The highest BCUT2D eigenvalue weighted by Gasteiger charge is 2.30. The Morgan fingerprint density at radius 2 is 1.78 bits per heavy atom. The first kappa shape index (κ1) is 14.3. The van der Waals surface area contributed by atoms with E-state index in [4.69, 9.17) is 10.2 Å². The van der Waals surface area contributed by atoms with Crippen LogP contribution in [-0.4, -0.2) is 34.4 Å². The van der Waals surface area contributed by atoms with E-state index in [1.54, 1.807) is 0 Å². The maximum Gasteiger partial charge on any atom is 0.416 e. The average Bonchev–Trinajstić information content (AvgIpc) is 2.28. The van der Waals surface area contributed by atoms with Gasteiger partial charge in [-0.05, 0) is 17.7 Å². The minimum absolute atomic E-state index is 0.0615. The molecule has 0 fully saturated rings. The van der Waals surface area contributed by atoms with Crippen molar-refractivity contribution >= 4 is 6.09 Å². The van der Waals surface area contributed by atoms with Gasteiger partial charge in [0.05, 0.1) is 12.2 Å². The third-order valence-electron chi connectivity index (χ3n) is 2.30. The molecular weight excluding hydrogens is 251 g/mol. The van der Waals surface area contributed by atoms with Gasteiger partial charge in [-0.15, -0.1) is 0 Å². The van der Waals surface area contributed by atoms with Crippen LogP contribution in [0.15, 0.2) is 24.3 Å². The number of halogens is 3. The molecule has 1 aromatic carbocycles. The van der Waals surface area contributed by atoms with E-state index in [1.165, 1.54) is 12.1 Å². The van der Waals surface area contributed by atoms with E-state index in [0.29, 0.717) is 5.56 Å². The number of aliphatic hydroxyl groups is 1. The molecule has 1 aromatic rings. The van der Waals surface area contributed by atoms with Crippen LogP contribution in [0.4, 0.5) is 18.0 Å². The lowest BCUT2D eigenvalue weighted by Gasteiger charge is -2.18. The zero-order chi connectivity index (χ0) is 13.8. The highest BCUT2D eigenvalue weighted by Crippen LogP contribution is 2.29. The number of aliphatic hydroxyl groups excluding tert-OH is 1. The summed E-state index contributed by atoms with van der Waals surface area (Å²) >= 11 is 0. The van der Waals surface area contributed by atoms with Crippen molar-refractivity contribution in [2.75, 3.05) is 13.2 Å². The molecule has 0 atom stereocenters. The molecule has 0 aliphatic carbocycles. The van der Waals surface area contributed by atoms with Gasteiger partial charge in [-0.2, -0.15) is 13.2 Å². The molecule has 0 spiro atoms. The molecule has 7 heteroatoms. The van der Waals surface area contributed by atoms with Crippen molar-refractivity contribution in [3.05, 3.63) is 35.4 Å². The van der Waals surface area contributed by atoms with Crippen molar-refractivity contribution in [2.24, 2.45) is 0 Å². The Balaban J connectivity index is 2.76. The van der Waals surface area contributed by atoms with E-state index in [9.17, 15) is 18.0 Å². The quantitative estimate of drug-likeness (QED) is 0.875. The molecular formula is C11H12F3NO3. The van der Waals surface area contributed by atoms with Gasteiger partial charge in [0.2, 0.25) is 0 Å². The van der Waals surface area contributed by atoms with Crippen LogP contribution in [0.2, 0.25) is 0 Å². The number of hydrogen-bond donors (Lipinski definition) is 2. The first-order valence-electron chi connectivity index (χ1n) is 5.09. The summed E-state index contributed by atoms with van der Waals surface area (Å²) in [6.45, 7) is -0.489. The largest absolute Gasteiger partial charge is 0.465 e. The van der Waals surface area contributed by atoms with Crippen molar-refractivity contribution in [2.45, 2.75) is 12.7 Å². The molecule has 0 saturated carbocycles. The van der Waals surface area contributed by atoms with Crippen LogP contribution in [0, 0.1) is 0 Å². The average molecular weight is 263 g/mol. The molecule has 100 valence electrons. The number of nitrogens with zero attached hydrogens (tertiary/aromatic N) is 1. The molecule has 0 bridgehead atoms. The maximum atomic E-state index is 12.3. The second-order valence-corrected chi connectivity index (χ2v) is 3.62. The minimum atomic E-state index is -4.41. The Hall–Kier alpha value is -1.76. The van der Waals surface area contributed by atoms with Crippen molar-refractivity contribution in [1.29, 1.82) is 0 Å². The van der Waals surface area contributed by atoms with Gasteiger partial charge < -0.3 is 15.1 Å². The fourth-order valence-corrected chi connectivity index (χ4v) is 1.38. The number of hydrogen-bond acceptors (Lipinski definition) is 2. The number of alkyl halides is 3. The molecule has 0 aliphatic rings. The number of rotatable bonds is 4. The number of carbonyl (C=O) groups is 1. The van der Waals surface area contributed by atoms with Crippen LogP contribution in [-0.2, 0) is 12.7 Å². The lowest BCUT2D eigenvalue weighted by Crippen LogP contribution is -2.31. The Morgan fingerprint density at radius 1 is 1.22 bits per heavy atom. The van der Waals surface area contributed by atoms with Gasteiger partial charge in [-0.25, -0.2) is 4.79 Å². The summed E-state index contributed by atoms with van der Waals surface area (Å²) in [4.78, 5) is 11.7. The predicted octanol–water partition coefficient (Wildman–Crippen LogP) is 2.18. The molecule has 4 nitrogen and oxygen atoms in total. The molecule has 1 rings (SSSR count). The number of amides is 1. The monoisotopic (exact) mass is 263 g/mol. The lowest BCUT2D eigenvalue weighted by atomic mass is 10.1. The van der Waals surface area contributed by atoms with Crippen LogP contribution in [0.5, 0.6) is 0 Å². The van der Waals surface area contributed by atoms with E-state index < -0.39 is 17.8 Å². The molecule has 0 aliphatic heterocycles. The van der Waals surface area contributed by atoms with Gasteiger partial charge in [0.15, 0.2) is 0 Å². The highest BCUT2D eigenvalue weighted by atomic mass is 19.4. The summed E-state index contributed by atoms with van der Waals surface area (Å²) in [7, 11) is 0. The van der Waals surface area contributed by atoms with Crippen LogP contribution >= 0.6 is 0 Å². The van der Waals surface area contributed by atoms with Gasteiger partial charge in [0, 0.05) is 13.1 Å². The van der Waals surface area contributed by atoms with Crippen LogP contribution < -0.4 is 0 Å². The van der Waals surface area contributed by atoms with Gasteiger partial charge in [-0.1, -0.05) is 12.1 Å². The molecule has 18 heavy (non-hydrogen) atoms. The molecule has 0 heterocycles. The van der Waals surface area contributed by atoms with E-state index in [0.717, 1.165) is 17.0 Å². The first-order valence-corrected chi connectivity index (χ1v) is 5.09. The van der Waals surface area contributed by atoms with E-state index in [1.807, 2.05) is 0 Å². The van der Waals surface area contributed by atoms with Gasteiger partial charge >= 0.3 is 12.3 Å². The second-order valence-electron chi connectivity index (χ2n) is 3.62. The predicted molar refractivity (Wildman–Crippen MR) is 57.0 cm³/mol. The summed E-state index contributed by atoms with van der Waals surface area (Å²) in [6.07, 6.45) is -5.64. The van der Waals surface area contributed by atoms with Crippen molar-refractivity contribution in [3.8, 4) is 0 Å². The topological polar surface area (TPSA) is 60.8 Å². The summed E-state index contributed by atoms with van der Waals surface area (Å²) in [5.41, 5.74) is -0.353. The molecule has 0 unspecified atom stereocenters. The minimum Gasteiger partial charge on any atom is -0.465 e. The zero-order valence-corrected chi connectivity index (χ0v) is 9.31. The van der Waals surface area contributed by atoms with Crippen molar-refractivity contribution < 1.29 is 28.2 Å². The van der Waals surface area contributed by atoms with E-state index >= 15 is 0 Å². The Morgan fingerprint density at radius 3 is 2.17 bits per heavy atom. The van der Waals surface area contributed by atoms with Gasteiger partial charge in [-0.3, -0.25) is 0 Å². The smallest absolute Gasteiger partial charge is 0.416 e. The third-order valence-corrected chi connectivity index (χ3v) is 2.30. The highest BCUT2D eigenvalue weighted by molar-refractivity contribution is 5.65. The maximum absolute atomic E-state index is 12.3.